The van der Waals surface area contributed by atoms with Crippen molar-refractivity contribution in [2.24, 2.45) is 7.05 Å². The molecule has 0 aliphatic carbocycles. The van der Waals surface area contributed by atoms with Crippen LogP contribution in [0.15, 0.2) is 12.4 Å². The number of rotatable bonds is 5. The predicted octanol–water partition coefficient (Wildman–Crippen LogP) is 0.703. The fourth-order valence-electron chi connectivity index (χ4n) is 1.35. The topological polar surface area (TPSA) is 79.2 Å². The molecule has 6 heteroatoms. The van der Waals surface area contributed by atoms with E-state index in [1.54, 1.807) is 24.1 Å². The molecule has 1 aromatic rings. The minimum absolute atomic E-state index is 0.0452. The molecule has 1 heterocycles. The first-order valence-corrected chi connectivity index (χ1v) is 5.29. The van der Waals surface area contributed by atoms with Gasteiger partial charge >= 0.3 is 6.03 Å². The van der Waals surface area contributed by atoms with E-state index in [0.717, 1.165) is 6.42 Å². The molecule has 0 spiro atoms. The number of aryl methyl sites for hydroxylation is 1. The van der Waals surface area contributed by atoms with E-state index in [4.69, 9.17) is 5.11 Å². The van der Waals surface area contributed by atoms with Crippen LogP contribution in [0.3, 0.4) is 0 Å². The van der Waals surface area contributed by atoms with Gasteiger partial charge in [-0.3, -0.25) is 4.68 Å². The second kappa shape index (κ2) is 6.12. The molecule has 0 fully saturated rings. The molecule has 0 radical (unpaired) electrons. The van der Waals surface area contributed by atoms with Gasteiger partial charge < -0.3 is 15.7 Å². The summed E-state index contributed by atoms with van der Waals surface area (Å²) >= 11 is 0. The standard InChI is InChI=1S/C10H18N4O2/c1-8(4-3-5-15)12-10(16)13-9-6-11-14(2)7-9/h6-8,15H,3-5H2,1-2H3,(H2,12,13,16). The molecular weight excluding hydrogens is 208 g/mol. The average molecular weight is 226 g/mol. The number of carbonyl (C=O) groups is 1. The highest BCUT2D eigenvalue weighted by Gasteiger charge is 2.07. The first kappa shape index (κ1) is 12.5. The van der Waals surface area contributed by atoms with Gasteiger partial charge in [-0.1, -0.05) is 0 Å². The molecule has 1 aromatic heterocycles. The summed E-state index contributed by atoms with van der Waals surface area (Å²) in [5.74, 6) is 0. The minimum Gasteiger partial charge on any atom is -0.396 e. The summed E-state index contributed by atoms with van der Waals surface area (Å²) in [6.07, 6.45) is 4.75. The molecule has 0 saturated carbocycles. The molecule has 90 valence electrons. The molecule has 16 heavy (non-hydrogen) atoms. The van der Waals surface area contributed by atoms with Crippen molar-refractivity contribution in [3.8, 4) is 0 Å². The Kier molecular flexibility index (Phi) is 4.78. The number of nitrogens with one attached hydrogen (secondary N) is 2. The average Bonchev–Trinajstić information content (AvgIpc) is 2.60. The third-order valence-electron chi connectivity index (χ3n) is 2.14. The summed E-state index contributed by atoms with van der Waals surface area (Å²) in [6.45, 7) is 2.05. The molecule has 0 aliphatic heterocycles. The molecule has 6 nitrogen and oxygen atoms in total. The second-order valence-corrected chi connectivity index (χ2v) is 3.77. The maximum Gasteiger partial charge on any atom is 0.319 e. The van der Waals surface area contributed by atoms with Gasteiger partial charge in [-0.2, -0.15) is 5.10 Å². The van der Waals surface area contributed by atoms with E-state index in [2.05, 4.69) is 15.7 Å². The Morgan fingerprint density at radius 2 is 2.44 bits per heavy atom. The minimum atomic E-state index is -0.251. The normalized spacial score (nSPS) is 12.2. The summed E-state index contributed by atoms with van der Waals surface area (Å²) in [5.41, 5.74) is 0.661. The lowest BCUT2D eigenvalue weighted by Gasteiger charge is -2.13. The summed E-state index contributed by atoms with van der Waals surface area (Å²) in [6, 6.07) is -0.206. The highest BCUT2D eigenvalue weighted by Crippen LogP contribution is 2.03. The number of hydrogen-bond donors (Lipinski definition) is 3. The monoisotopic (exact) mass is 226 g/mol. The van der Waals surface area contributed by atoms with Crippen molar-refractivity contribution < 1.29 is 9.90 Å². The Balaban J connectivity index is 2.30. The maximum atomic E-state index is 11.5. The number of aliphatic hydroxyl groups is 1. The van der Waals surface area contributed by atoms with Gasteiger partial charge in [0.25, 0.3) is 0 Å². The smallest absolute Gasteiger partial charge is 0.319 e. The summed E-state index contributed by atoms with van der Waals surface area (Å²) in [7, 11) is 1.78. The Hall–Kier alpha value is -1.56. The van der Waals surface area contributed by atoms with Crippen LogP contribution in [0.4, 0.5) is 10.5 Å². The molecule has 1 unspecified atom stereocenters. The van der Waals surface area contributed by atoms with Gasteiger partial charge in [-0.15, -0.1) is 0 Å². The van der Waals surface area contributed by atoms with E-state index in [9.17, 15) is 4.79 Å². The van der Waals surface area contributed by atoms with Gasteiger partial charge in [0.2, 0.25) is 0 Å². The lowest BCUT2D eigenvalue weighted by atomic mass is 10.2. The van der Waals surface area contributed by atoms with E-state index in [-0.39, 0.29) is 18.7 Å². The first-order valence-electron chi connectivity index (χ1n) is 5.29. The summed E-state index contributed by atoms with van der Waals surface area (Å²) in [5, 5.41) is 18.0. The van der Waals surface area contributed by atoms with Crippen LogP contribution in [0.1, 0.15) is 19.8 Å². The third-order valence-corrected chi connectivity index (χ3v) is 2.14. The number of hydrogen-bond acceptors (Lipinski definition) is 3. The largest absolute Gasteiger partial charge is 0.396 e. The van der Waals surface area contributed by atoms with Crippen LogP contribution in [0.2, 0.25) is 0 Å². The van der Waals surface area contributed by atoms with Crippen molar-refractivity contribution in [2.75, 3.05) is 11.9 Å². The molecule has 0 bridgehead atoms. The van der Waals surface area contributed by atoms with E-state index in [1.807, 2.05) is 6.92 Å². The zero-order valence-electron chi connectivity index (χ0n) is 9.60. The number of aromatic nitrogens is 2. The van der Waals surface area contributed by atoms with Crippen LogP contribution in [-0.2, 0) is 7.05 Å². The molecule has 0 aliphatic rings. The van der Waals surface area contributed by atoms with Crippen LogP contribution >= 0.6 is 0 Å². The van der Waals surface area contributed by atoms with Crippen molar-refractivity contribution >= 4 is 11.7 Å². The van der Waals surface area contributed by atoms with Crippen molar-refractivity contribution in [1.82, 2.24) is 15.1 Å². The fourth-order valence-corrected chi connectivity index (χ4v) is 1.35. The zero-order valence-corrected chi connectivity index (χ0v) is 9.60. The van der Waals surface area contributed by atoms with Crippen LogP contribution in [0, 0.1) is 0 Å². The van der Waals surface area contributed by atoms with E-state index in [1.165, 1.54) is 0 Å². The second-order valence-electron chi connectivity index (χ2n) is 3.77. The first-order chi connectivity index (χ1) is 7.61. The number of amides is 2. The summed E-state index contributed by atoms with van der Waals surface area (Å²) in [4.78, 5) is 11.5. The predicted molar refractivity (Wildman–Crippen MR) is 61.1 cm³/mol. The Morgan fingerprint density at radius 3 is 3.00 bits per heavy atom. The summed E-state index contributed by atoms with van der Waals surface area (Å²) < 4.78 is 1.62. The molecule has 0 aromatic carbocycles. The maximum absolute atomic E-state index is 11.5. The third kappa shape index (κ3) is 4.31. The highest BCUT2D eigenvalue weighted by atomic mass is 16.3. The lowest BCUT2D eigenvalue weighted by molar-refractivity contribution is 0.245. The van der Waals surface area contributed by atoms with Crippen LogP contribution in [-0.4, -0.2) is 33.6 Å². The molecule has 0 saturated heterocycles. The molecule has 2 amide bonds. The lowest BCUT2D eigenvalue weighted by Crippen LogP contribution is -2.36. The number of aliphatic hydroxyl groups excluding tert-OH is 1. The zero-order chi connectivity index (χ0) is 12.0. The van der Waals surface area contributed by atoms with E-state index >= 15 is 0 Å². The number of urea groups is 1. The van der Waals surface area contributed by atoms with Gasteiger partial charge in [0, 0.05) is 25.9 Å². The Bertz CT molecular complexity index is 337. The van der Waals surface area contributed by atoms with Crippen LogP contribution in [0.25, 0.3) is 0 Å². The highest BCUT2D eigenvalue weighted by molar-refractivity contribution is 5.89. The number of anilines is 1. The molecule has 3 N–H and O–H groups in total. The molecular formula is C10H18N4O2. The Labute approximate surface area is 94.6 Å². The van der Waals surface area contributed by atoms with E-state index < -0.39 is 0 Å². The van der Waals surface area contributed by atoms with Crippen LogP contribution in [0.5, 0.6) is 0 Å². The molecule has 1 atom stereocenters. The van der Waals surface area contributed by atoms with Crippen molar-refractivity contribution in [3.63, 3.8) is 0 Å². The fraction of sp³-hybridized carbons (Fsp3) is 0.600. The van der Waals surface area contributed by atoms with E-state index in [0.29, 0.717) is 12.1 Å². The van der Waals surface area contributed by atoms with Gasteiger partial charge in [0.15, 0.2) is 0 Å². The van der Waals surface area contributed by atoms with Crippen molar-refractivity contribution in [1.29, 1.82) is 0 Å². The van der Waals surface area contributed by atoms with Crippen LogP contribution < -0.4 is 10.6 Å². The molecule has 1 rings (SSSR count). The van der Waals surface area contributed by atoms with Crippen molar-refractivity contribution in [3.05, 3.63) is 12.4 Å². The number of carbonyl (C=O) groups excluding carboxylic acids is 1. The van der Waals surface area contributed by atoms with Crippen molar-refractivity contribution in [2.45, 2.75) is 25.8 Å². The SMILES string of the molecule is CC(CCCO)NC(=O)Nc1cnn(C)c1. The van der Waals surface area contributed by atoms with Gasteiger partial charge in [0.1, 0.15) is 0 Å². The number of nitrogens with zero attached hydrogens (tertiary/aromatic N) is 2. The van der Waals surface area contributed by atoms with Gasteiger partial charge in [-0.05, 0) is 19.8 Å². The van der Waals surface area contributed by atoms with Gasteiger partial charge in [-0.25, -0.2) is 4.79 Å². The van der Waals surface area contributed by atoms with Gasteiger partial charge in [0.05, 0.1) is 11.9 Å². The Morgan fingerprint density at radius 1 is 1.69 bits per heavy atom. The quantitative estimate of drug-likeness (QED) is 0.691.